The first kappa shape index (κ1) is 13.1. The normalized spacial score (nSPS) is 61.5. The van der Waals surface area contributed by atoms with Crippen LogP contribution >= 0.6 is 0 Å². The van der Waals surface area contributed by atoms with E-state index < -0.39 is 0 Å². The Morgan fingerprint density at radius 1 is 0.727 bits per heavy atom. The highest BCUT2D eigenvalue weighted by Crippen LogP contribution is 2.76. The summed E-state index contributed by atoms with van der Waals surface area (Å²) in [6, 6.07) is 0. The molecule has 0 saturated heterocycles. The van der Waals surface area contributed by atoms with Crippen molar-refractivity contribution in [3.8, 4) is 0 Å². The van der Waals surface area contributed by atoms with Crippen LogP contribution in [-0.2, 0) is 0 Å². The summed E-state index contributed by atoms with van der Waals surface area (Å²) < 4.78 is 0. The Labute approximate surface area is 136 Å². The van der Waals surface area contributed by atoms with Crippen molar-refractivity contribution < 1.29 is 0 Å². The Balaban J connectivity index is 1.47. The van der Waals surface area contributed by atoms with Crippen molar-refractivity contribution in [3.63, 3.8) is 0 Å². The van der Waals surface area contributed by atoms with Crippen LogP contribution in [0.15, 0.2) is 12.2 Å². The van der Waals surface area contributed by atoms with Crippen LogP contribution in [-0.4, -0.2) is 0 Å². The minimum Gasteiger partial charge on any atom is -0.0848 e. The third-order valence-electron chi connectivity index (χ3n) is 10.0. The fourth-order valence-electron chi connectivity index (χ4n) is 9.11. The zero-order valence-corrected chi connectivity index (χ0v) is 14.2. The molecule has 0 nitrogen and oxygen atoms in total. The highest BCUT2D eigenvalue weighted by molar-refractivity contribution is 5.25. The van der Waals surface area contributed by atoms with Crippen LogP contribution in [0.1, 0.15) is 83.5 Å². The maximum absolute atomic E-state index is 2.78. The molecule has 6 fully saturated rings. The van der Waals surface area contributed by atoms with E-state index in [2.05, 4.69) is 12.2 Å². The van der Waals surface area contributed by atoms with Gasteiger partial charge < -0.3 is 0 Å². The molecule has 120 valence electrons. The van der Waals surface area contributed by atoms with Gasteiger partial charge in [-0.1, -0.05) is 12.2 Å². The van der Waals surface area contributed by atoms with Crippen LogP contribution in [0.3, 0.4) is 0 Å². The van der Waals surface area contributed by atoms with E-state index in [-0.39, 0.29) is 0 Å². The molecular formula is C22H32. The van der Waals surface area contributed by atoms with Crippen LogP contribution in [0.25, 0.3) is 0 Å². The number of hydrogen-bond acceptors (Lipinski definition) is 0. The van der Waals surface area contributed by atoms with Gasteiger partial charge in [0.2, 0.25) is 0 Å². The molecule has 0 radical (unpaired) electrons. The van der Waals surface area contributed by atoms with Gasteiger partial charge >= 0.3 is 0 Å². The summed E-state index contributed by atoms with van der Waals surface area (Å²) in [4.78, 5) is 0. The van der Waals surface area contributed by atoms with E-state index >= 15 is 0 Å². The SMILES string of the molecule is C1=CC2(C34CCC(CC3)CC4C34CCC(CC3)C4)CCC1C2. The molecule has 0 aromatic carbocycles. The molecule has 0 heterocycles. The van der Waals surface area contributed by atoms with E-state index in [0.717, 1.165) is 34.5 Å². The molecule has 3 atom stereocenters. The van der Waals surface area contributed by atoms with E-state index in [1.165, 1.54) is 6.42 Å². The maximum Gasteiger partial charge on any atom is -0.00531 e. The van der Waals surface area contributed by atoms with Gasteiger partial charge in [0.15, 0.2) is 0 Å². The first-order chi connectivity index (χ1) is 10.7. The van der Waals surface area contributed by atoms with Crippen molar-refractivity contribution in [1.82, 2.24) is 0 Å². The van der Waals surface area contributed by atoms with Crippen LogP contribution in [0.2, 0.25) is 0 Å². The van der Waals surface area contributed by atoms with E-state index in [4.69, 9.17) is 0 Å². The maximum atomic E-state index is 2.78. The van der Waals surface area contributed by atoms with E-state index in [1.54, 1.807) is 77.0 Å². The average molecular weight is 296 g/mol. The predicted octanol–water partition coefficient (Wildman–Crippen LogP) is 6.12. The summed E-state index contributed by atoms with van der Waals surface area (Å²) in [5, 5.41) is 0. The van der Waals surface area contributed by atoms with E-state index in [0.29, 0.717) is 5.41 Å². The number of fused-ring (bicyclic) bond motifs is 8. The standard InChI is InChI=1S/C22H32/c1-7-20(8-2-17(1)14-20)19-13-16-5-11-22(19,12-6-16)21-9-3-18(15-21)4-10-21/h3,9,16-19H,1-2,4-8,10-15H2. The zero-order chi connectivity index (χ0) is 14.4. The largest absolute Gasteiger partial charge is 0.0848 e. The van der Waals surface area contributed by atoms with Crippen molar-refractivity contribution >= 4 is 0 Å². The quantitative estimate of drug-likeness (QED) is 0.538. The van der Waals surface area contributed by atoms with Crippen molar-refractivity contribution in [1.29, 1.82) is 0 Å². The fourth-order valence-corrected chi connectivity index (χ4v) is 9.11. The third-order valence-corrected chi connectivity index (χ3v) is 10.0. The van der Waals surface area contributed by atoms with E-state index in [1.807, 2.05) is 0 Å². The minimum atomic E-state index is 0.656. The molecule has 0 amide bonds. The Kier molecular flexibility index (Phi) is 2.40. The molecule has 7 aliphatic carbocycles. The summed E-state index contributed by atoms with van der Waals surface area (Å²) >= 11 is 0. The van der Waals surface area contributed by atoms with Gasteiger partial charge in [0, 0.05) is 0 Å². The van der Waals surface area contributed by atoms with Crippen molar-refractivity contribution in [2.24, 2.45) is 39.9 Å². The van der Waals surface area contributed by atoms with Crippen molar-refractivity contribution in [3.05, 3.63) is 12.2 Å². The molecule has 6 bridgehead atoms. The fraction of sp³-hybridized carbons (Fsp3) is 0.909. The molecule has 7 rings (SSSR count). The average Bonchev–Trinajstić information content (AvgIpc) is 3.36. The van der Waals surface area contributed by atoms with Gasteiger partial charge in [-0.15, -0.1) is 0 Å². The van der Waals surface area contributed by atoms with Gasteiger partial charge in [-0.25, -0.2) is 0 Å². The Hall–Kier alpha value is -0.260. The van der Waals surface area contributed by atoms with Gasteiger partial charge in [-0.3, -0.25) is 0 Å². The monoisotopic (exact) mass is 296 g/mol. The Morgan fingerprint density at radius 2 is 1.50 bits per heavy atom. The third kappa shape index (κ3) is 1.39. The lowest BCUT2D eigenvalue weighted by atomic mass is 9.40. The molecular weight excluding hydrogens is 264 g/mol. The van der Waals surface area contributed by atoms with Crippen molar-refractivity contribution in [2.45, 2.75) is 83.5 Å². The second-order valence-corrected chi connectivity index (χ2v) is 10.4. The number of hydrogen-bond donors (Lipinski definition) is 0. The molecule has 0 spiro atoms. The lowest BCUT2D eigenvalue weighted by Gasteiger charge is -2.64. The lowest BCUT2D eigenvalue weighted by Crippen LogP contribution is -2.56. The summed E-state index contributed by atoms with van der Waals surface area (Å²) in [5.41, 5.74) is 2.21. The highest BCUT2D eigenvalue weighted by atomic mass is 14.7. The molecule has 0 aromatic heterocycles. The van der Waals surface area contributed by atoms with Gasteiger partial charge in [-0.2, -0.15) is 0 Å². The smallest absolute Gasteiger partial charge is 0.00531 e. The molecule has 0 aliphatic heterocycles. The second kappa shape index (κ2) is 4.04. The molecule has 0 aromatic rings. The van der Waals surface area contributed by atoms with Crippen LogP contribution in [0, 0.1) is 39.9 Å². The summed E-state index contributed by atoms with van der Waals surface area (Å²) in [6.07, 6.45) is 26.1. The first-order valence-corrected chi connectivity index (χ1v) is 10.4. The number of allylic oxidation sites excluding steroid dienone is 2. The van der Waals surface area contributed by atoms with Crippen molar-refractivity contribution in [2.75, 3.05) is 0 Å². The molecule has 22 heavy (non-hydrogen) atoms. The van der Waals surface area contributed by atoms with Crippen LogP contribution < -0.4 is 0 Å². The van der Waals surface area contributed by atoms with Gasteiger partial charge in [-0.05, 0) is 123 Å². The second-order valence-electron chi connectivity index (χ2n) is 10.4. The topological polar surface area (TPSA) is 0 Å². The summed E-state index contributed by atoms with van der Waals surface area (Å²) in [5.74, 6) is 4.32. The summed E-state index contributed by atoms with van der Waals surface area (Å²) in [7, 11) is 0. The minimum absolute atomic E-state index is 0.656. The number of rotatable bonds is 2. The molecule has 0 heteroatoms. The predicted molar refractivity (Wildman–Crippen MR) is 90.4 cm³/mol. The Bertz CT molecular complexity index is 512. The van der Waals surface area contributed by atoms with E-state index in [9.17, 15) is 0 Å². The summed E-state index contributed by atoms with van der Waals surface area (Å²) in [6.45, 7) is 0. The molecule has 3 unspecified atom stereocenters. The lowest BCUT2D eigenvalue weighted by molar-refractivity contribution is -0.137. The van der Waals surface area contributed by atoms with Crippen LogP contribution in [0.4, 0.5) is 0 Å². The molecule has 0 N–H and O–H groups in total. The van der Waals surface area contributed by atoms with Gasteiger partial charge in [0.1, 0.15) is 0 Å². The zero-order valence-electron chi connectivity index (χ0n) is 14.2. The molecule has 7 aliphatic rings. The van der Waals surface area contributed by atoms with Crippen LogP contribution in [0.5, 0.6) is 0 Å². The highest BCUT2D eigenvalue weighted by Gasteiger charge is 2.66. The van der Waals surface area contributed by atoms with Gasteiger partial charge in [0.05, 0.1) is 0 Å². The Morgan fingerprint density at radius 3 is 2.05 bits per heavy atom. The molecule has 6 saturated carbocycles. The first-order valence-electron chi connectivity index (χ1n) is 10.4. The van der Waals surface area contributed by atoms with Gasteiger partial charge in [0.25, 0.3) is 0 Å².